The Labute approximate surface area is 104 Å². The molecule has 4 nitrogen and oxygen atoms in total. The second-order valence-electron chi connectivity index (χ2n) is 2.98. The summed E-state index contributed by atoms with van der Waals surface area (Å²) in [6.07, 6.45) is 1.88. The summed E-state index contributed by atoms with van der Waals surface area (Å²) < 4.78 is 0. The lowest BCUT2D eigenvalue weighted by Crippen LogP contribution is -2.04. The number of ketones is 1. The smallest absolute Gasteiger partial charge is 0.287 e. The van der Waals surface area contributed by atoms with E-state index in [1.807, 2.05) is 19.1 Å². The van der Waals surface area contributed by atoms with Crippen LogP contribution in [-0.4, -0.2) is 22.7 Å². The van der Waals surface area contributed by atoms with Gasteiger partial charge in [0.05, 0.1) is 0 Å². The molecule has 0 aliphatic rings. The number of carbonyl (C=O) groups excluding carboxylic acids is 3. The highest BCUT2D eigenvalue weighted by molar-refractivity contribution is 7.99. The molecule has 1 aromatic heterocycles. The summed E-state index contributed by atoms with van der Waals surface area (Å²) in [5.74, 6) is 0.865. The normalized spacial score (nSPS) is 8.59. The van der Waals surface area contributed by atoms with Crippen molar-refractivity contribution < 1.29 is 14.4 Å². The van der Waals surface area contributed by atoms with E-state index in [1.54, 1.807) is 24.9 Å². The average Bonchev–Trinajstić information content (AvgIpc) is 2.30. The van der Waals surface area contributed by atoms with E-state index in [0.717, 1.165) is 10.6 Å². The van der Waals surface area contributed by atoms with Crippen LogP contribution in [0.25, 0.3) is 0 Å². The van der Waals surface area contributed by atoms with Gasteiger partial charge < -0.3 is 0 Å². The van der Waals surface area contributed by atoms with E-state index in [0.29, 0.717) is 11.3 Å². The number of nitrogens with zero attached hydrogens (tertiary/aromatic N) is 1. The van der Waals surface area contributed by atoms with E-state index in [4.69, 9.17) is 9.59 Å². The molecule has 0 unspecified atom stereocenters. The summed E-state index contributed by atoms with van der Waals surface area (Å²) >= 11 is 1.62. The van der Waals surface area contributed by atoms with Crippen LogP contribution in [0.1, 0.15) is 24.3 Å². The third-order valence-corrected chi connectivity index (χ3v) is 2.60. The van der Waals surface area contributed by atoms with Crippen molar-refractivity contribution in [2.75, 3.05) is 5.75 Å². The van der Waals surface area contributed by atoms with Crippen molar-refractivity contribution in [3.05, 3.63) is 36.2 Å². The Morgan fingerprint density at radius 3 is 2.59 bits per heavy atom. The fraction of sp³-hybridized carbons (Fsp3) is 0.250. The van der Waals surface area contributed by atoms with Gasteiger partial charge in [-0.3, -0.25) is 9.78 Å². The van der Waals surface area contributed by atoms with E-state index in [9.17, 15) is 4.79 Å². The number of rotatable bonds is 4. The molecule has 0 aliphatic heterocycles. The van der Waals surface area contributed by atoms with Crippen LogP contribution in [-0.2, 0) is 9.59 Å². The van der Waals surface area contributed by atoms with Crippen molar-refractivity contribution in [1.82, 2.24) is 4.98 Å². The Bertz CT molecular complexity index is 437. The van der Waals surface area contributed by atoms with Gasteiger partial charge in [0.25, 0.3) is 0 Å². The zero-order valence-electron chi connectivity index (χ0n) is 9.73. The summed E-state index contributed by atoms with van der Waals surface area (Å²) in [4.78, 5) is 32.9. The molecule has 0 N–H and O–H groups in total. The first kappa shape index (κ1) is 15.3. The Hall–Kier alpha value is -1.71. The summed E-state index contributed by atoms with van der Waals surface area (Å²) in [6.45, 7) is 7.39. The van der Waals surface area contributed by atoms with Gasteiger partial charge in [0, 0.05) is 11.1 Å². The second kappa shape index (κ2) is 8.44. The molecule has 0 saturated carbocycles. The fourth-order valence-electron chi connectivity index (χ4n) is 1.04. The van der Waals surface area contributed by atoms with Gasteiger partial charge in [-0.25, -0.2) is 0 Å². The first-order valence-corrected chi connectivity index (χ1v) is 5.84. The number of aromatic nitrogens is 1. The van der Waals surface area contributed by atoms with Gasteiger partial charge in [0.15, 0.2) is 0 Å². The van der Waals surface area contributed by atoms with Crippen LogP contribution in [0.3, 0.4) is 0 Å². The molecular weight excluding hydrogens is 238 g/mol. The zero-order chi connectivity index (χ0) is 13.3. The average molecular weight is 251 g/mol. The summed E-state index contributed by atoms with van der Waals surface area (Å²) in [6, 6.07) is 3.75. The molecule has 0 amide bonds. The van der Waals surface area contributed by atoms with Crippen LogP contribution in [0.4, 0.5) is 0 Å². The molecule has 0 atom stereocenters. The number of carbonyl (C=O) groups is 1. The van der Waals surface area contributed by atoms with E-state index in [2.05, 4.69) is 11.6 Å². The molecule has 0 aromatic carbocycles. The predicted octanol–water partition coefficient (Wildman–Crippen LogP) is 2.37. The Morgan fingerprint density at radius 1 is 1.53 bits per heavy atom. The minimum Gasteiger partial charge on any atom is -0.287 e. The van der Waals surface area contributed by atoms with E-state index < -0.39 is 0 Å². The van der Waals surface area contributed by atoms with Gasteiger partial charge in [-0.1, -0.05) is 13.5 Å². The summed E-state index contributed by atoms with van der Waals surface area (Å²) in [5, 5.41) is 0. The Morgan fingerprint density at radius 2 is 2.12 bits per heavy atom. The first-order chi connectivity index (χ1) is 8.08. The summed E-state index contributed by atoms with van der Waals surface area (Å²) in [5.41, 5.74) is 1.05. The third-order valence-electron chi connectivity index (χ3n) is 1.67. The lowest BCUT2D eigenvalue weighted by atomic mass is 10.1. The molecule has 90 valence electrons. The highest BCUT2D eigenvalue weighted by Gasteiger charge is 2.12. The number of Topliss-reactive ketones (excluding diaryl/α,β-unsaturated/α-hetero) is 1. The van der Waals surface area contributed by atoms with Crippen molar-refractivity contribution in [3.8, 4) is 0 Å². The molecule has 0 spiro atoms. The maximum absolute atomic E-state index is 11.7. The lowest BCUT2D eigenvalue weighted by molar-refractivity contribution is -0.191. The van der Waals surface area contributed by atoms with Crippen LogP contribution in [0.5, 0.6) is 0 Å². The molecular formula is C12H13NO3S. The van der Waals surface area contributed by atoms with Crippen LogP contribution in [0.2, 0.25) is 0 Å². The quantitative estimate of drug-likeness (QED) is 0.467. The Balaban J connectivity index is 0.000000770. The van der Waals surface area contributed by atoms with Crippen molar-refractivity contribution in [1.29, 1.82) is 0 Å². The molecule has 0 aliphatic carbocycles. The number of hydrogen-bond donors (Lipinski definition) is 0. The van der Waals surface area contributed by atoms with Crippen LogP contribution in [0.15, 0.2) is 35.4 Å². The minimum absolute atomic E-state index is 0.0680. The zero-order valence-corrected chi connectivity index (χ0v) is 10.5. The number of pyridine rings is 1. The molecule has 1 rings (SSSR count). The molecule has 0 fully saturated rings. The van der Waals surface area contributed by atoms with E-state index in [1.165, 1.54) is 0 Å². The molecule has 17 heavy (non-hydrogen) atoms. The second-order valence-corrected chi connectivity index (χ2v) is 4.28. The van der Waals surface area contributed by atoms with Crippen LogP contribution < -0.4 is 0 Å². The largest absolute Gasteiger partial charge is 0.373 e. The van der Waals surface area contributed by atoms with Crippen molar-refractivity contribution in [2.24, 2.45) is 0 Å². The van der Waals surface area contributed by atoms with Gasteiger partial charge in [0.2, 0.25) is 5.78 Å². The topological polar surface area (TPSA) is 64.1 Å². The molecule has 0 saturated heterocycles. The lowest BCUT2D eigenvalue weighted by Gasteiger charge is -2.04. The first-order valence-electron chi connectivity index (χ1n) is 4.85. The molecule has 0 radical (unpaired) electrons. The number of thioether (sulfide) groups is 1. The van der Waals surface area contributed by atoms with E-state index in [-0.39, 0.29) is 11.9 Å². The van der Waals surface area contributed by atoms with Gasteiger partial charge in [-0.05, 0) is 30.4 Å². The standard InChI is InChI=1S/C11H13NOS.CO2/c1-4-14-9-6-5-7-12-10(9)11(13)8(2)3;2-1-3/h5-7H,2,4H2,1,3H3;. The fourth-order valence-corrected chi connectivity index (χ4v) is 1.80. The van der Waals surface area contributed by atoms with Gasteiger partial charge in [-0.15, -0.1) is 11.8 Å². The van der Waals surface area contributed by atoms with Crippen LogP contribution in [0, 0.1) is 0 Å². The van der Waals surface area contributed by atoms with Crippen molar-refractivity contribution in [2.45, 2.75) is 18.7 Å². The third kappa shape index (κ3) is 5.24. The number of allylic oxidation sites excluding steroid dienone is 1. The molecule has 0 bridgehead atoms. The van der Waals surface area contributed by atoms with E-state index >= 15 is 0 Å². The van der Waals surface area contributed by atoms with Crippen LogP contribution >= 0.6 is 11.8 Å². The Kier molecular flexibility index (Phi) is 7.59. The highest BCUT2D eigenvalue weighted by Crippen LogP contribution is 2.22. The SMILES string of the molecule is C=C(C)C(=O)c1ncccc1SCC.O=C=O. The minimum atomic E-state index is -0.0680. The highest BCUT2D eigenvalue weighted by atomic mass is 32.2. The van der Waals surface area contributed by atoms with Crippen molar-refractivity contribution in [3.63, 3.8) is 0 Å². The van der Waals surface area contributed by atoms with Gasteiger partial charge >= 0.3 is 6.15 Å². The molecule has 5 heteroatoms. The monoisotopic (exact) mass is 251 g/mol. The van der Waals surface area contributed by atoms with Gasteiger partial charge in [0.1, 0.15) is 5.69 Å². The maximum atomic E-state index is 11.7. The predicted molar refractivity (Wildman–Crippen MR) is 64.8 cm³/mol. The number of hydrogen-bond acceptors (Lipinski definition) is 5. The van der Waals surface area contributed by atoms with Crippen molar-refractivity contribution >= 4 is 23.7 Å². The maximum Gasteiger partial charge on any atom is 0.373 e. The van der Waals surface area contributed by atoms with Gasteiger partial charge in [-0.2, -0.15) is 9.59 Å². The molecule has 1 aromatic rings. The molecule has 1 heterocycles. The summed E-state index contributed by atoms with van der Waals surface area (Å²) in [7, 11) is 0.